The SMILES string of the molecule is CCCN(C(=O)c1cccc2c1CCCN2)C1CC1. The molecule has 1 heterocycles. The van der Waals surface area contributed by atoms with Crippen LogP contribution in [0, 0.1) is 0 Å². The van der Waals surface area contributed by atoms with E-state index in [4.69, 9.17) is 0 Å². The van der Waals surface area contributed by atoms with E-state index in [1.165, 1.54) is 18.4 Å². The van der Waals surface area contributed by atoms with E-state index >= 15 is 0 Å². The van der Waals surface area contributed by atoms with Crippen molar-refractivity contribution >= 4 is 11.6 Å². The number of rotatable bonds is 4. The summed E-state index contributed by atoms with van der Waals surface area (Å²) in [5.41, 5.74) is 3.30. The number of hydrogen-bond acceptors (Lipinski definition) is 2. The highest BCUT2D eigenvalue weighted by molar-refractivity contribution is 5.97. The zero-order chi connectivity index (χ0) is 13.2. The summed E-state index contributed by atoms with van der Waals surface area (Å²) in [6.45, 7) is 4.05. The zero-order valence-corrected chi connectivity index (χ0v) is 11.6. The van der Waals surface area contributed by atoms with Gasteiger partial charge in [0.15, 0.2) is 0 Å². The molecule has 0 atom stereocenters. The Morgan fingerprint density at radius 3 is 3.00 bits per heavy atom. The van der Waals surface area contributed by atoms with E-state index in [0.717, 1.165) is 43.6 Å². The van der Waals surface area contributed by atoms with Gasteiger partial charge < -0.3 is 10.2 Å². The van der Waals surface area contributed by atoms with E-state index in [2.05, 4.69) is 23.2 Å². The molecule has 0 aromatic heterocycles. The molecule has 1 aromatic rings. The van der Waals surface area contributed by atoms with E-state index in [9.17, 15) is 4.79 Å². The molecular weight excluding hydrogens is 236 g/mol. The Kier molecular flexibility index (Phi) is 3.45. The first-order valence-corrected chi connectivity index (χ1v) is 7.48. The summed E-state index contributed by atoms with van der Waals surface area (Å²) in [4.78, 5) is 14.9. The van der Waals surface area contributed by atoms with Gasteiger partial charge in [-0.2, -0.15) is 0 Å². The molecule has 0 bridgehead atoms. The molecule has 3 heteroatoms. The Hall–Kier alpha value is -1.51. The molecule has 19 heavy (non-hydrogen) atoms. The molecule has 0 unspecified atom stereocenters. The third kappa shape index (κ3) is 2.46. The van der Waals surface area contributed by atoms with Gasteiger partial charge in [0.05, 0.1) is 0 Å². The van der Waals surface area contributed by atoms with Gasteiger partial charge in [-0.25, -0.2) is 0 Å². The average Bonchev–Trinajstić information content (AvgIpc) is 3.28. The predicted octanol–water partition coefficient (Wildman–Crippen LogP) is 3.06. The van der Waals surface area contributed by atoms with Crippen LogP contribution in [0.15, 0.2) is 18.2 Å². The molecule has 1 aliphatic heterocycles. The van der Waals surface area contributed by atoms with E-state index in [0.29, 0.717) is 6.04 Å². The van der Waals surface area contributed by atoms with Crippen molar-refractivity contribution in [3.63, 3.8) is 0 Å². The monoisotopic (exact) mass is 258 g/mol. The number of anilines is 1. The average molecular weight is 258 g/mol. The van der Waals surface area contributed by atoms with E-state index in [1.807, 2.05) is 12.1 Å². The molecule has 1 amide bonds. The Balaban J connectivity index is 1.90. The molecule has 1 aromatic carbocycles. The number of nitrogens with zero attached hydrogens (tertiary/aromatic N) is 1. The fraction of sp³-hybridized carbons (Fsp3) is 0.562. The second-order valence-corrected chi connectivity index (χ2v) is 5.59. The minimum atomic E-state index is 0.241. The van der Waals surface area contributed by atoms with E-state index in [-0.39, 0.29) is 5.91 Å². The van der Waals surface area contributed by atoms with Crippen molar-refractivity contribution in [2.45, 2.75) is 45.1 Å². The Morgan fingerprint density at radius 1 is 1.42 bits per heavy atom. The number of nitrogens with one attached hydrogen (secondary N) is 1. The number of carbonyl (C=O) groups excluding carboxylic acids is 1. The number of hydrogen-bond donors (Lipinski definition) is 1. The standard InChI is InChI=1S/C16H22N2O/c1-2-11-18(12-8-9-12)16(19)14-5-3-7-15-13(14)6-4-10-17-15/h3,5,7,12,17H,2,4,6,8-11H2,1H3. The third-order valence-electron chi connectivity index (χ3n) is 4.04. The molecule has 1 saturated carbocycles. The lowest BCUT2D eigenvalue weighted by Crippen LogP contribution is -2.34. The first-order valence-electron chi connectivity index (χ1n) is 7.48. The number of fused-ring (bicyclic) bond motifs is 1. The van der Waals surface area contributed by atoms with Crippen LogP contribution in [0.3, 0.4) is 0 Å². The van der Waals surface area contributed by atoms with Crippen molar-refractivity contribution in [2.24, 2.45) is 0 Å². The first-order chi connectivity index (χ1) is 9.31. The zero-order valence-electron chi connectivity index (χ0n) is 11.6. The smallest absolute Gasteiger partial charge is 0.254 e. The highest BCUT2D eigenvalue weighted by Gasteiger charge is 2.33. The number of benzene rings is 1. The summed E-state index contributed by atoms with van der Waals surface area (Å²) in [6.07, 6.45) is 5.54. The van der Waals surface area contributed by atoms with Gasteiger partial charge in [0.1, 0.15) is 0 Å². The molecule has 3 nitrogen and oxygen atoms in total. The highest BCUT2D eigenvalue weighted by atomic mass is 16.2. The van der Waals surface area contributed by atoms with E-state index < -0.39 is 0 Å². The lowest BCUT2D eigenvalue weighted by Gasteiger charge is -2.26. The van der Waals surface area contributed by atoms with Crippen LogP contribution in [0.1, 0.15) is 48.5 Å². The van der Waals surface area contributed by atoms with Crippen LogP contribution in [-0.2, 0) is 6.42 Å². The van der Waals surface area contributed by atoms with Gasteiger partial charge >= 0.3 is 0 Å². The van der Waals surface area contributed by atoms with Gasteiger partial charge in [-0.3, -0.25) is 4.79 Å². The van der Waals surface area contributed by atoms with Gasteiger partial charge in [-0.15, -0.1) is 0 Å². The Labute approximate surface area is 115 Å². The molecule has 102 valence electrons. The molecule has 1 aliphatic carbocycles. The van der Waals surface area contributed by atoms with Crippen molar-refractivity contribution in [1.82, 2.24) is 4.90 Å². The van der Waals surface area contributed by atoms with Crippen molar-refractivity contribution in [2.75, 3.05) is 18.4 Å². The predicted molar refractivity (Wildman–Crippen MR) is 77.6 cm³/mol. The molecular formula is C16H22N2O. The second kappa shape index (κ2) is 5.24. The van der Waals surface area contributed by atoms with Gasteiger partial charge in [0.25, 0.3) is 5.91 Å². The summed E-state index contributed by atoms with van der Waals surface area (Å²) >= 11 is 0. The van der Waals surface area contributed by atoms with Gasteiger partial charge in [0.2, 0.25) is 0 Å². The van der Waals surface area contributed by atoms with Gasteiger partial charge in [-0.05, 0) is 49.8 Å². The van der Waals surface area contributed by atoms with Crippen LogP contribution in [0.5, 0.6) is 0 Å². The Morgan fingerprint density at radius 2 is 2.26 bits per heavy atom. The second-order valence-electron chi connectivity index (χ2n) is 5.59. The fourth-order valence-corrected chi connectivity index (χ4v) is 2.94. The quantitative estimate of drug-likeness (QED) is 0.900. The topological polar surface area (TPSA) is 32.3 Å². The third-order valence-corrected chi connectivity index (χ3v) is 4.04. The van der Waals surface area contributed by atoms with Gasteiger partial charge in [-0.1, -0.05) is 13.0 Å². The minimum Gasteiger partial charge on any atom is -0.385 e. The largest absolute Gasteiger partial charge is 0.385 e. The maximum atomic E-state index is 12.8. The highest BCUT2D eigenvalue weighted by Crippen LogP contribution is 2.31. The maximum absolute atomic E-state index is 12.8. The molecule has 2 aliphatic rings. The molecule has 0 radical (unpaired) electrons. The molecule has 3 rings (SSSR count). The van der Waals surface area contributed by atoms with Crippen LogP contribution < -0.4 is 5.32 Å². The molecule has 1 fully saturated rings. The Bertz CT molecular complexity index is 480. The van der Waals surface area contributed by atoms with Crippen molar-refractivity contribution < 1.29 is 4.79 Å². The summed E-state index contributed by atoms with van der Waals surface area (Å²) in [6, 6.07) is 6.59. The van der Waals surface area contributed by atoms with Crippen LogP contribution in [0.2, 0.25) is 0 Å². The first kappa shape index (κ1) is 12.5. The summed E-state index contributed by atoms with van der Waals surface area (Å²) < 4.78 is 0. The van der Waals surface area contributed by atoms with Gasteiger partial charge in [0, 0.05) is 30.4 Å². The van der Waals surface area contributed by atoms with Crippen molar-refractivity contribution in [3.05, 3.63) is 29.3 Å². The normalized spacial score (nSPS) is 17.5. The van der Waals surface area contributed by atoms with Crippen LogP contribution in [-0.4, -0.2) is 29.9 Å². The summed E-state index contributed by atoms with van der Waals surface area (Å²) in [7, 11) is 0. The number of carbonyl (C=O) groups is 1. The van der Waals surface area contributed by atoms with Crippen LogP contribution in [0.4, 0.5) is 5.69 Å². The number of amides is 1. The maximum Gasteiger partial charge on any atom is 0.254 e. The van der Waals surface area contributed by atoms with Crippen LogP contribution >= 0.6 is 0 Å². The summed E-state index contributed by atoms with van der Waals surface area (Å²) in [5.74, 6) is 0.241. The lowest BCUT2D eigenvalue weighted by molar-refractivity contribution is 0.0742. The summed E-state index contributed by atoms with van der Waals surface area (Å²) in [5, 5.41) is 3.40. The lowest BCUT2D eigenvalue weighted by atomic mass is 9.96. The van der Waals surface area contributed by atoms with E-state index in [1.54, 1.807) is 0 Å². The molecule has 1 N–H and O–H groups in total. The van der Waals surface area contributed by atoms with Crippen molar-refractivity contribution in [1.29, 1.82) is 0 Å². The molecule has 0 spiro atoms. The van der Waals surface area contributed by atoms with Crippen molar-refractivity contribution in [3.8, 4) is 0 Å². The molecule has 0 saturated heterocycles. The fourth-order valence-electron chi connectivity index (χ4n) is 2.94. The van der Waals surface area contributed by atoms with Crippen LogP contribution in [0.25, 0.3) is 0 Å². The minimum absolute atomic E-state index is 0.241.